The second-order valence-corrected chi connectivity index (χ2v) is 9.92. The number of nitrogens with zero attached hydrogens (tertiary/aromatic N) is 1. The normalized spacial score (nSPS) is 12.5. The molecule has 2 amide bonds. The van der Waals surface area contributed by atoms with E-state index in [1.54, 1.807) is 11.0 Å². The second-order valence-electron chi connectivity index (χ2n) is 8.43. The standard InChI is InChI=1S/C29H23ClN2O2S/c1-19-10-12-20(13-11-19)17-31-28(33)21-14-15-27-25(16-21)32(18-22-6-2-4-8-24(22)30)29(34)23-7-3-5-9-26(23)35-27/h2-16H,17-18H2,1H3,(H,31,33). The van der Waals surface area contributed by atoms with Crippen LogP contribution < -0.4 is 10.2 Å². The Hall–Kier alpha value is -3.54. The van der Waals surface area contributed by atoms with Gasteiger partial charge in [0.1, 0.15) is 0 Å². The summed E-state index contributed by atoms with van der Waals surface area (Å²) >= 11 is 7.97. The third-order valence-corrected chi connectivity index (χ3v) is 7.46. The molecule has 4 aromatic carbocycles. The van der Waals surface area contributed by atoms with Crippen molar-refractivity contribution in [3.63, 3.8) is 0 Å². The Kier molecular flexibility index (Phi) is 6.62. The summed E-state index contributed by atoms with van der Waals surface area (Å²) in [5.74, 6) is -0.311. The minimum atomic E-state index is -0.190. The number of nitrogens with one attached hydrogen (secondary N) is 1. The van der Waals surface area contributed by atoms with Crippen LogP contribution in [-0.2, 0) is 13.1 Å². The zero-order valence-corrected chi connectivity index (χ0v) is 20.7. The van der Waals surface area contributed by atoms with E-state index in [9.17, 15) is 9.59 Å². The lowest BCUT2D eigenvalue weighted by Crippen LogP contribution is -2.31. The number of benzene rings is 4. The van der Waals surface area contributed by atoms with E-state index in [-0.39, 0.29) is 11.8 Å². The lowest BCUT2D eigenvalue weighted by atomic mass is 10.1. The Morgan fingerprint density at radius 3 is 2.46 bits per heavy atom. The average molecular weight is 499 g/mol. The van der Waals surface area contributed by atoms with Gasteiger partial charge in [-0.3, -0.25) is 9.59 Å². The van der Waals surface area contributed by atoms with Crippen LogP contribution in [0.25, 0.3) is 0 Å². The fourth-order valence-corrected chi connectivity index (χ4v) is 5.26. The number of hydrogen-bond acceptors (Lipinski definition) is 3. The van der Waals surface area contributed by atoms with Crippen LogP contribution in [0.15, 0.2) is 101 Å². The number of halogens is 1. The van der Waals surface area contributed by atoms with Gasteiger partial charge < -0.3 is 10.2 Å². The van der Waals surface area contributed by atoms with Crippen molar-refractivity contribution in [1.82, 2.24) is 5.32 Å². The lowest BCUT2D eigenvalue weighted by Gasteiger charge is -2.24. The van der Waals surface area contributed by atoms with E-state index in [1.807, 2.05) is 91.9 Å². The third kappa shape index (κ3) is 4.97. The van der Waals surface area contributed by atoms with Crippen LogP contribution in [-0.4, -0.2) is 11.8 Å². The summed E-state index contributed by atoms with van der Waals surface area (Å²) in [5, 5.41) is 3.59. The van der Waals surface area contributed by atoms with Gasteiger partial charge in [0.25, 0.3) is 11.8 Å². The van der Waals surface area contributed by atoms with Crippen molar-refractivity contribution in [2.45, 2.75) is 29.8 Å². The second kappa shape index (κ2) is 9.98. The fraction of sp³-hybridized carbons (Fsp3) is 0.103. The SMILES string of the molecule is Cc1ccc(CNC(=O)c2ccc3c(c2)N(Cc2ccccc2Cl)C(=O)c2ccccc2S3)cc1. The van der Waals surface area contributed by atoms with E-state index in [2.05, 4.69) is 5.32 Å². The molecule has 0 aliphatic carbocycles. The van der Waals surface area contributed by atoms with Crippen molar-refractivity contribution in [2.24, 2.45) is 0 Å². The number of rotatable bonds is 5. The highest BCUT2D eigenvalue weighted by molar-refractivity contribution is 7.99. The number of amides is 2. The lowest BCUT2D eigenvalue weighted by molar-refractivity contribution is 0.0947. The maximum atomic E-state index is 13.7. The summed E-state index contributed by atoms with van der Waals surface area (Å²) in [6.45, 7) is 2.76. The highest BCUT2D eigenvalue weighted by atomic mass is 35.5. The molecule has 1 N–H and O–H groups in total. The van der Waals surface area contributed by atoms with Gasteiger partial charge in [0.05, 0.1) is 17.8 Å². The quantitative estimate of drug-likeness (QED) is 0.326. The van der Waals surface area contributed by atoms with Crippen LogP contribution in [0.5, 0.6) is 0 Å². The minimum absolute atomic E-state index is 0.121. The number of carbonyl (C=O) groups excluding carboxylic acids is 2. The fourth-order valence-electron chi connectivity index (χ4n) is 4.01. The molecule has 1 aliphatic heterocycles. The molecular weight excluding hydrogens is 476 g/mol. The van der Waals surface area contributed by atoms with Gasteiger partial charge in [0.15, 0.2) is 0 Å². The molecule has 0 saturated carbocycles. The van der Waals surface area contributed by atoms with E-state index in [0.717, 1.165) is 20.9 Å². The maximum Gasteiger partial charge on any atom is 0.259 e. The van der Waals surface area contributed by atoms with Gasteiger partial charge in [0, 0.05) is 26.9 Å². The van der Waals surface area contributed by atoms with Crippen molar-refractivity contribution >= 4 is 40.9 Å². The molecule has 1 aliphatic rings. The van der Waals surface area contributed by atoms with Gasteiger partial charge in [-0.2, -0.15) is 0 Å². The predicted molar refractivity (Wildman–Crippen MR) is 141 cm³/mol. The van der Waals surface area contributed by atoms with Crippen molar-refractivity contribution in [1.29, 1.82) is 0 Å². The highest BCUT2D eigenvalue weighted by Gasteiger charge is 2.28. The molecule has 0 atom stereocenters. The van der Waals surface area contributed by atoms with Gasteiger partial charge in [0.2, 0.25) is 0 Å². The Morgan fingerprint density at radius 2 is 1.66 bits per heavy atom. The van der Waals surface area contributed by atoms with Crippen molar-refractivity contribution < 1.29 is 9.59 Å². The van der Waals surface area contributed by atoms with E-state index < -0.39 is 0 Å². The summed E-state index contributed by atoms with van der Waals surface area (Å²) in [5.41, 5.74) is 4.87. The van der Waals surface area contributed by atoms with Gasteiger partial charge in [-0.1, -0.05) is 83.5 Å². The number of hydrogen-bond donors (Lipinski definition) is 1. The molecule has 6 heteroatoms. The molecule has 35 heavy (non-hydrogen) atoms. The third-order valence-electron chi connectivity index (χ3n) is 5.95. The van der Waals surface area contributed by atoms with Gasteiger partial charge in [-0.05, 0) is 54.4 Å². The molecule has 174 valence electrons. The summed E-state index contributed by atoms with van der Waals surface area (Å²) in [6.07, 6.45) is 0. The Balaban J connectivity index is 1.49. The number of fused-ring (bicyclic) bond motifs is 2. The van der Waals surface area contributed by atoms with E-state index in [0.29, 0.717) is 34.9 Å². The van der Waals surface area contributed by atoms with Crippen LogP contribution in [0.1, 0.15) is 37.4 Å². The van der Waals surface area contributed by atoms with Crippen LogP contribution in [0, 0.1) is 6.92 Å². The molecule has 0 aromatic heterocycles. The molecule has 0 fully saturated rings. The smallest absolute Gasteiger partial charge is 0.259 e. The van der Waals surface area contributed by atoms with Crippen molar-refractivity contribution in [3.05, 3.63) is 124 Å². The molecule has 5 rings (SSSR count). The number of carbonyl (C=O) groups is 2. The average Bonchev–Trinajstić information content (AvgIpc) is 2.99. The van der Waals surface area contributed by atoms with Gasteiger partial charge >= 0.3 is 0 Å². The number of aryl methyl sites for hydroxylation is 1. The molecule has 0 unspecified atom stereocenters. The van der Waals surface area contributed by atoms with Crippen LogP contribution in [0.3, 0.4) is 0 Å². The molecule has 0 bridgehead atoms. The monoisotopic (exact) mass is 498 g/mol. The molecule has 0 radical (unpaired) electrons. The van der Waals surface area contributed by atoms with Crippen LogP contribution >= 0.6 is 23.4 Å². The van der Waals surface area contributed by atoms with Crippen molar-refractivity contribution in [2.75, 3.05) is 4.90 Å². The topological polar surface area (TPSA) is 49.4 Å². The Bertz CT molecular complexity index is 1420. The Morgan fingerprint density at radius 1 is 0.914 bits per heavy atom. The van der Waals surface area contributed by atoms with Gasteiger partial charge in [-0.15, -0.1) is 0 Å². The molecule has 4 nitrogen and oxygen atoms in total. The summed E-state index contributed by atoms with van der Waals surface area (Å²) in [7, 11) is 0. The molecule has 1 heterocycles. The first-order valence-corrected chi connectivity index (χ1v) is 12.5. The first kappa shape index (κ1) is 23.2. The first-order valence-electron chi connectivity index (χ1n) is 11.3. The Labute approximate surface area is 213 Å². The summed E-state index contributed by atoms with van der Waals surface area (Å²) in [4.78, 5) is 30.2. The van der Waals surface area contributed by atoms with Gasteiger partial charge in [-0.25, -0.2) is 0 Å². The molecule has 4 aromatic rings. The molecule has 0 spiro atoms. The van der Waals surface area contributed by atoms with E-state index in [4.69, 9.17) is 11.6 Å². The first-order chi connectivity index (χ1) is 17.0. The van der Waals surface area contributed by atoms with Crippen molar-refractivity contribution in [3.8, 4) is 0 Å². The molecular formula is C29H23ClN2O2S. The number of anilines is 1. The molecule has 0 saturated heterocycles. The highest BCUT2D eigenvalue weighted by Crippen LogP contribution is 2.42. The van der Waals surface area contributed by atoms with E-state index in [1.165, 1.54) is 17.3 Å². The zero-order valence-electron chi connectivity index (χ0n) is 19.1. The minimum Gasteiger partial charge on any atom is -0.348 e. The van der Waals surface area contributed by atoms with E-state index >= 15 is 0 Å². The van der Waals surface area contributed by atoms with Crippen LogP contribution in [0.2, 0.25) is 5.02 Å². The summed E-state index contributed by atoms with van der Waals surface area (Å²) in [6, 6.07) is 28.7. The largest absolute Gasteiger partial charge is 0.348 e. The maximum absolute atomic E-state index is 13.7. The zero-order chi connectivity index (χ0) is 24.4. The van der Waals surface area contributed by atoms with Crippen LogP contribution in [0.4, 0.5) is 5.69 Å². The predicted octanol–water partition coefficient (Wildman–Crippen LogP) is 6.89. The summed E-state index contributed by atoms with van der Waals surface area (Å²) < 4.78 is 0.